The first kappa shape index (κ1) is 21.8. The lowest BCUT2D eigenvalue weighted by atomic mass is 10.2. The Morgan fingerprint density at radius 3 is 2.32 bits per heavy atom. The molecule has 0 saturated heterocycles. The first-order valence-electron chi connectivity index (χ1n) is 10.00. The summed E-state index contributed by atoms with van der Waals surface area (Å²) in [7, 11) is 0. The number of anilines is 1. The Labute approximate surface area is 181 Å². The molecule has 7 heteroatoms. The molecule has 0 bridgehead atoms. The molecule has 3 rings (SSSR count). The highest BCUT2D eigenvalue weighted by atomic mass is 16.5. The largest absolute Gasteiger partial charge is 0.449 e. The second-order valence-electron chi connectivity index (χ2n) is 7.07. The summed E-state index contributed by atoms with van der Waals surface area (Å²) in [5.41, 5.74) is 2.98. The zero-order chi connectivity index (χ0) is 22.4. The smallest absolute Gasteiger partial charge is 0.342 e. The zero-order valence-corrected chi connectivity index (χ0v) is 17.8. The second-order valence-corrected chi connectivity index (χ2v) is 7.07. The summed E-state index contributed by atoms with van der Waals surface area (Å²) < 4.78 is 7.21. The fourth-order valence-electron chi connectivity index (χ4n) is 3.38. The molecule has 0 aliphatic carbocycles. The van der Waals surface area contributed by atoms with Gasteiger partial charge in [-0.2, -0.15) is 10.4 Å². The van der Waals surface area contributed by atoms with E-state index < -0.39 is 12.1 Å². The van der Waals surface area contributed by atoms with Gasteiger partial charge in [0.1, 0.15) is 5.56 Å². The first-order valence-corrected chi connectivity index (χ1v) is 10.00. The third-order valence-corrected chi connectivity index (χ3v) is 4.91. The summed E-state index contributed by atoms with van der Waals surface area (Å²) in [5, 5.41) is 13.4. The predicted molar refractivity (Wildman–Crippen MR) is 117 cm³/mol. The molecule has 0 aliphatic rings. The van der Waals surface area contributed by atoms with Gasteiger partial charge >= 0.3 is 5.97 Å². The van der Waals surface area contributed by atoms with Crippen LogP contribution in [0.5, 0.6) is 0 Å². The molecular weight excluding hydrogens is 392 g/mol. The summed E-state index contributed by atoms with van der Waals surface area (Å²) in [6.45, 7) is 5.28. The maximum atomic E-state index is 13.0. The van der Waals surface area contributed by atoms with Crippen molar-refractivity contribution >= 4 is 17.6 Å². The van der Waals surface area contributed by atoms with Gasteiger partial charge in [0.15, 0.2) is 6.10 Å². The Kier molecular flexibility index (Phi) is 6.83. The minimum atomic E-state index is -1.02. The van der Waals surface area contributed by atoms with Crippen LogP contribution in [0.3, 0.4) is 0 Å². The minimum Gasteiger partial charge on any atom is -0.449 e. The summed E-state index contributed by atoms with van der Waals surface area (Å²) in [5.74, 6) is -0.994. The number of hydrogen-bond donors (Lipinski definition) is 0. The summed E-state index contributed by atoms with van der Waals surface area (Å²) in [6, 6.07) is 20.6. The highest BCUT2D eigenvalue weighted by Crippen LogP contribution is 2.21. The van der Waals surface area contributed by atoms with E-state index in [1.54, 1.807) is 30.7 Å². The van der Waals surface area contributed by atoms with Crippen LogP contribution in [0.25, 0.3) is 5.69 Å². The van der Waals surface area contributed by atoms with E-state index in [0.717, 1.165) is 5.69 Å². The van der Waals surface area contributed by atoms with Crippen molar-refractivity contribution in [3.05, 3.63) is 77.6 Å². The van der Waals surface area contributed by atoms with Gasteiger partial charge in [-0.1, -0.05) is 36.4 Å². The molecule has 0 saturated carbocycles. The maximum absolute atomic E-state index is 13.0. The van der Waals surface area contributed by atoms with Crippen LogP contribution in [-0.2, 0) is 9.53 Å². The number of para-hydroxylation sites is 2. The van der Waals surface area contributed by atoms with Crippen LogP contribution >= 0.6 is 0 Å². The van der Waals surface area contributed by atoms with Crippen LogP contribution in [0.4, 0.5) is 5.69 Å². The van der Waals surface area contributed by atoms with Gasteiger partial charge in [0.2, 0.25) is 0 Å². The van der Waals surface area contributed by atoms with Crippen molar-refractivity contribution in [1.82, 2.24) is 9.78 Å². The molecule has 0 radical (unpaired) electrons. The number of carbonyl (C=O) groups is 2. The van der Waals surface area contributed by atoms with Gasteiger partial charge in [-0.3, -0.25) is 4.79 Å². The highest BCUT2D eigenvalue weighted by molar-refractivity contribution is 5.99. The molecule has 31 heavy (non-hydrogen) atoms. The molecule has 7 nitrogen and oxygen atoms in total. The number of amides is 1. The number of carbonyl (C=O) groups excluding carboxylic acids is 2. The maximum Gasteiger partial charge on any atom is 0.342 e. The zero-order valence-electron chi connectivity index (χ0n) is 17.8. The average Bonchev–Trinajstić information content (AvgIpc) is 3.09. The van der Waals surface area contributed by atoms with Crippen LogP contribution in [0, 0.1) is 25.2 Å². The fourth-order valence-corrected chi connectivity index (χ4v) is 3.38. The topological polar surface area (TPSA) is 88.2 Å². The molecule has 1 aromatic heterocycles. The Morgan fingerprint density at radius 2 is 1.71 bits per heavy atom. The highest BCUT2D eigenvalue weighted by Gasteiger charge is 2.28. The number of rotatable bonds is 7. The van der Waals surface area contributed by atoms with Crippen LogP contribution in [0.1, 0.15) is 35.1 Å². The molecule has 1 heterocycles. The van der Waals surface area contributed by atoms with E-state index >= 15 is 0 Å². The number of ether oxygens (including phenoxy) is 1. The molecule has 1 atom stereocenters. The third-order valence-electron chi connectivity index (χ3n) is 4.91. The van der Waals surface area contributed by atoms with Crippen LogP contribution in [-0.4, -0.2) is 34.3 Å². The molecule has 1 amide bonds. The van der Waals surface area contributed by atoms with Gasteiger partial charge in [-0.15, -0.1) is 0 Å². The lowest BCUT2D eigenvalue weighted by Crippen LogP contribution is -2.40. The fraction of sp³-hybridized carbons (Fsp3) is 0.250. The molecule has 0 fully saturated rings. The van der Waals surface area contributed by atoms with Gasteiger partial charge < -0.3 is 9.64 Å². The summed E-state index contributed by atoms with van der Waals surface area (Å²) in [6.07, 6.45) is -0.853. The second kappa shape index (κ2) is 9.72. The van der Waals surface area contributed by atoms with Crippen LogP contribution < -0.4 is 4.90 Å². The van der Waals surface area contributed by atoms with Crippen molar-refractivity contribution in [2.24, 2.45) is 0 Å². The molecule has 0 N–H and O–H groups in total. The Hall–Kier alpha value is -3.92. The van der Waals surface area contributed by atoms with Crippen molar-refractivity contribution in [3.8, 4) is 11.8 Å². The summed E-state index contributed by atoms with van der Waals surface area (Å²) in [4.78, 5) is 27.4. The molecule has 158 valence electrons. The van der Waals surface area contributed by atoms with Gasteiger partial charge in [0.25, 0.3) is 5.91 Å². The number of nitrogens with zero attached hydrogens (tertiary/aromatic N) is 4. The number of aryl methyl sites for hydroxylation is 1. The van der Waals surface area contributed by atoms with Crippen molar-refractivity contribution in [2.45, 2.75) is 33.3 Å². The average molecular weight is 416 g/mol. The molecule has 0 unspecified atom stereocenters. The molecule has 3 aromatic rings. The molecular formula is C24H24N4O3. The minimum absolute atomic E-state index is 0.170. The van der Waals surface area contributed by atoms with Crippen molar-refractivity contribution in [2.75, 3.05) is 11.4 Å². The molecule has 0 aliphatic heterocycles. The molecule has 2 aromatic carbocycles. The van der Waals surface area contributed by atoms with Crippen molar-refractivity contribution < 1.29 is 14.3 Å². The SMILES string of the molecule is Cc1nn(-c2ccccc2)c(C)c1C(=O)O[C@@H](C)C(=O)N(CCC#N)c1ccccc1. The van der Waals surface area contributed by atoms with Crippen LogP contribution in [0.2, 0.25) is 0 Å². The predicted octanol–water partition coefficient (Wildman–Crippen LogP) is 3.98. The normalized spacial score (nSPS) is 11.4. The first-order chi connectivity index (χ1) is 14.9. The van der Waals surface area contributed by atoms with Gasteiger partial charge in [-0.05, 0) is 45.0 Å². The number of benzene rings is 2. The Bertz CT molecular complexity index is 1100. The van der Waals surface area contributed by atoms with Crippen LogP contribution in [0.15, 0.2) is 60.7 Å². The standard InChI is InChI=1S/C24H24N4O3/c1-17-22(18(2)28(26-17)21-13-8-5-9-14-21)24(30)31-19(3)23(29)27(16-10-15-25)20-11-6-4-7-12-20/h4-9,11-14,19H,10,16H2,1-3H3/t19-/m0/s1. The van der Waals surface area contributed by atoms with Crippen molar-refractivity contribution in [1.29, 1.82) is 5.26 Å². The van der Waals surface area contributed by atoms with Crippen molar-refractivity contribution in [3.63, 3.8) is 0 Å². The molecule has 0 spiro atoms. The van der Waals surface area contributed by atoms with E-state index in [4.69, 9.17) is 10.00 Å². The van der Waals surface area contributed by atoms with E-state index in [0.29, 0.717) is 22.6 Å². The number of esters is 1. The van der Waals surface area contributed by atoms with Gasteiger partial charge in [-0.25, -0.2) is 9.48 Å². The van der Waals surface area contributed by atoms with Gasteiger partial charge in [0, 0.05) is 12.2 Å². The number of aromatic nitrogens is 2. The van der Waals surface area contributed by atoms with E-state index in [1.807, 2.05) is 54.6 Å². The lowest BCUT2D eigenvalue weighted by molar-refractivity contribution is -0.126. The van der Waals surface area contributed by atoms with E-state index in [2.05, 4.69) is 5.10 Å². The number of hydrogen-bond acceptors (Lipinski definition) is 5. The Balaban J connectivity index is 1.80. The number of nitriles is 1. The lowest BCUT2D eigenvalue weighted by Gasteiger charge is -2.25. The van der Waals surface area contributed by atoms with E-state index in [-0.39, 0.29) is 18.9 Å². The monoisotopic (exact) mass is 416 g/mol. The Morgan fingerprint density at radius 1 is 1.10 bits per heavy atom. The summed E-state index contributed by atoms with van der Waals surface area (Å²) >= 11 is 0. The van der Waals surface area contributed by atoms with E-state index in [9.17, 15) is 9.59 Å². The quantitative estimate of drug-likeness (QED) is 0.544. The van der Waals surface area contributed by atoms with E-state index in [1.165, 1.54) is 11.8 Å². The third kappa shape index (κ3) is 4.81. The van der Waals surface area contributed by atoms with Gasteiger partial charge in [0.05, 0.1) is 29.6 Å².